The van der Waals surface area contributed by atoms with Crippen LogP contribution in [0.15, 0.2) is 12.1 Å². The van der Waals surface area contributed by atoms with E-state index >= 15 is 0 Å². The van der Waals surface area contributed by atoms with Gasteiger partial charge in [0.15, 0.2) is 5.82 Å². The van der Waals surface area contributed by atoms with E-state index in [1.807, 2.05) is 0 Å². The molecule has 0 atom stereocenters. The summed E-state index contributed by atoms with van der Waals surface area (Å²) in [6, 6.07) is 1.76. The van der Waals surface area contributed by atoms with Crippen LogP contribution in [0.4, 0.5) is 14.5 Å². The van der Waals surface area contributed by atoms with Crippen molar-refractivity contribution in [3.63, 3.8) is 0 Å². The molecule has 0 aliphatic rings. The van der Waals surface area contributed by atoms with Gasteiger partial charge in [0, 0.05) is 32.5 Å². The fourth-order valence-electron chi connectivity index (χ4n) is 1.30. The van der Waals surface area contributed by atoms with Gasteiger partial charge in [0.25, 0.3) is 0 Å². The minimum atomic E-state index is -0.828. The van der Waals surface area contributed by atoms with Crippen LogP contribution in [0.1, 0.15) is 6.42 Å². The van der Waals surface area contributed by atoms with Crippen molar-refractivity contribution in [3.8, 4) is 5.75 Å². The van der Waals surface area contributed by atoms with Gasteiger partial charge in [0.1, 0.15) is 23.9 Å². The third-order valence-electron chi connectivity index (χ3n) is 2.18. The molecule has 0 aliphatic carbocycles. The summed E-state index contributed by atoms with van der Waals surface area (Å²) in [6.07, 6.45) is 0.785. The zero-order valence-electron chi connectivity index (χ0n) is 10.2. The van der Waals surface area contributed by atoms with Crippen molar-refractivity contribution >= 4 is 5.69 Å². The molecule has 1 aromatic carbocycles. The first kappa shape index (κ1) is 14.7. The van der Waals surface area contributed by atoms with E-state index in [0.29, 0.717) is 25.9 Å². The smallest absolute Gasteiger partial charge is 0.152 e. The lowest BCUT2D eigenvalue weighted by atomic mass is 10.3. The van der Waals surface area contributed by atoms with Gasteiger partial charge in [-0.15, -0.1) is 0 Å². The highest BCUT2D eigenvalue weighted by Gasteiger charge is 2.08. The minimum Gasteiger partial charge on any atom is -0.489 e. The summed E-state index contributed by atoms with van der Waals surface area (Å²) in [5, 5.41) is 0. The van der Waals surface area contributed by atoms with E-state index in [1.54, 1.807) is 7.11 Å². The van der Waals surface area contributed by atoms with Gasteiger partial charge in [0.2, 0.25) is 0 Å². The van der Waals surface area contributed by atoms with E-state index in [4.69, 9.17) is 19.9 Å². The van der Waals surface area contributed by atoms with Gasteiger partial charge in [-0.3, -0.25) is 0 Å². The van der Waals surface area contributed by atoms with Crippen LogP contribution in [-0.4, -0.2) is 33.5 Å². The quantitative estimate of drug-likeness (QED) is 0.574. The second kappa shape index (κ2) is 7.84. The van der Waals surface area contributed by atoms with Crippen molar-refractivity contribution in [1.29, 1.82) is 0 Å². The Morgan fingerprint density at radius 2 is 1.89 bits per heavy atom. The monoisotopic (exact) mass is 261 g/mol. The summed E-state index contributed by atoms with van der Waals surface area (Å²) < 4.78 is 41.2. The van der Waals surface area contributed by atoms with Crippen molar-refractivity contribution in [2.24, 2.45) is 0 Å². The number of anilines is 1. The molecule has 1 rings (SSSR count). The average molecular weight is 261 g/mol. The van der Waals surface area contributed by atoms with Gasteiger partial charge in [-0.25, -0.2) is 8.78 Å². The van der Waals surface area contributed by atoms with E-state index in [0.717, 1.165) is 12.5 Å². The molecule has 102 valence electrons. The molecule has 0 bridgehead atoms. The maximum atomic E-state index is 13.1. The third kappa shape index (κ3) is 4.85. The number of ether oxygens (including phenoxy) is 3. The Labute approximate surface area is 105 Å². The molecular formula is C12H17F2NO3. The lowest BCUT2D eigenvalue weighted by Crippen LogP contribution is -2.10. The van der Waals surface area contributed by atoms with Crippen molar-refractivity contribution in [3.05, 3.63) is 23.8 Å². The first-order valence-electron chi connectivity index (χ1n) is 5.59. The summed E-state index contributed by atoms with van der Waals surface area (Å²) >= 11 is 0. The van der Waals surface area contributed by atoms with Gasteiger partial charge in [-0.05, 0) is 6.42 Å². The zero-order valence-corrected chi connectivity index (χ0v) is 10.2. The SMILES string of the molecule is COCCCOCCOc1cc(F)cc(F)c1N. The molecule has 4 nitrogen and oxygen atoms in total. The molecule has 0 saturated carbocycles. The summed E-state index contributed by atoms with van der Waals surface area (Å²) in [5.41, 5.74) is 5.21. The first-order chi connectivity index (χ1) is 8.65. The molecule has 2 N–H and O–H groups in total. The first-order valence-corrected chi connectivity index (χ1v) is 5.59. The summed E-state index contributed by atoms with van der Waals surface area (Å²) in [7, 11) is 1.62. The molecule has 0 aliphatic heterocycles. The summed E-state index contributed by atoms with van der Waals surface area (Å²) in [6.45, 7) is 1.68. The van der Waals surface area contributed by atoms with Gasteiger partial charge >= 0.3 is 0 Å². The number of benzene rings is 1. The normalized spacial score (nSPS) is 10.6. The van der Waals surface area contributed by atoms with E-state index in [9.17, 15) is 8.78 Å². The molecule has 6 heteroatoms. The fraction of sp³-hybridized carbons (Fsp3) is 0.500. The van der Waals surface area contributed by atoms with E-state index < -0.39 is 11.6 Å². The minimum absolute atomic E-state index is 0.00649. The van der Waals surface area contributed by atoms with Crippen LogP contribution in [0, 0.1) is 11.6 Å². The average Bonchev–Trinajstić information content (AvgIpc) is 2.33. The molecule has 0 unspecified atom stereocenters. The highest BCUT2D eigenvalue weighted by molar-refractivity contribution is 5.53. The zero-order chi connectivity index (χ0) is 13.4. The second-order valence-corrected chi connectivity index (χ2v) is 3.61. The maximum absolute atomic E-state index is 13.1. The molecule has 0 heterocycles. The van der Waals surface area contributed by atoms with Gasteiger partial charge < -0.3 is 19.9 Å². The van der Waals surface area contributed by atoms with Gasteiger partial charge in [0.05, 0.1) is 6.61 Å². The number of methoxy groups -OCH3 is 1. The van der Waals surface area contributed by atoms with Crippen LogP contribution in [0.3, 0.4) is 0 Å². The number of hydrogen-bond acceptors (Lipinski definition) is 4. The molecule has 0 spiro atoms. The fourth-order valence-corrected chi connectivity index (χ4v) is 1.30. The predicted octanol–water partition coefficient (Wildman–Crippen LogP) is 1.98. The topological polar surface area (TPSA) is 53.7 Å². The van der Waals surface area contributed by atoms with Crippen LogP contribution in [-0.2, 0) is 9.47 Å². The van der Waals surface area contributed by atoms with Crippen molar-refractivity contribution in [1.82, 2.24) is 0 Å². The summed E-state index contributed by atoms with van der Waals surface area (Å²) in [5.74, 6) is -1.56. The van der Waals surface area contributed by atoms with Crippen molar-refractivity contribution in [2.75, 3.05) is 39.3 Å². The number of hydrogen-bond donors (Lipinski definition) is 1. The summed E-state index contributed by atoms with van der Waals surface area (Å²) in [4.78, 5) is 0. The maximum Gasteiger partial charge on any atom is 0.152 e. The van der Waals surface area contributed by atoms with Gasteiger partial charge in [-0.1, -0.05) is 0 Å². The highest BCUT2D eigenvalue weighted by Crippen LogP contribution is 2.25. The number of nitrogen functional groups attached to an aromatic ring is 1. The molecular weight excluding hydrogens is 244 g/mol. The Morgan fingerprint density at radius 1 is 1.11 bits per heavy atom. The number of rotatable bonds is 8. The predicted molar refractivity (Wildman–Crippen MR) is 63.6 cm³/mol. The molecule has 0 fully saturated rings. The molecule has 0 amide bonds. The largest absolute Gasteiger partial charge is 0.489 e. The standard InChI is InChI=1S/C12H17F2NO3/c1-16-3-2-4-17-5-6-18-11-8-9(13)7-10(14)12(11)15/h7-8H,2-6,15H2,1H3. The molecule has 1 aromatic rings. The van der Waals surface area contributed by atoms with Crippen molar-refractivity contribution in [2.45, 2.75) is 6.42 Å². The van der Waals surface area contributed by atoms with Crippen LogP contribution in [0.2, 0.25) is 0 Å². The number of nitrogens with two attached hydrogens (primary N) is 1. The Balaban J connectivity index is 2.27. The lowest BCUT2D eigenvalue weighted by Gasteiger charge is -2.10. The molecule has 0 aromatic heterocycles. The second-order valence-electron chi connectivity index (χ2n) is 3.61. The van der Waals surface area contributed by atoms with Crippen LogP contribution >= 0.6 is 0 Å². The van der Waals surface area contributed by atoms with Crippen LogP contribution in [0.5, 0.6) is 5.75 Å². The van der Waals surface area contributed by atoms with E-state index in [1.165, 1.54) is 0 Å². The van der Waals surface area contributed by atoms with Crippen LogP contribution in [0.25, 0.3) is 0 Å². The highest BCUT2D eigenvalue weighted by atomic mass is 19.1. The Bertz CT molecular complexity index is 375. The number of halogens is 2. The van der Waals surface area contributed by atoms with E-state index in [2.05, 4.69) is 0 Å². The Kier molecular flexibility index (Phi) is 6.38. The third-order valence-corrected chi connectivity index (χ3v) is 2.18. The molecule has 18 heavy (non-hydrogen) atoms. The molecule has 0 saturated heterocycles. The lowest BCUT2D eigenvalue weighted by molar-refractivity contribution is 0.0807. The van der Waals surface area contributed by atoms with Crippen LogP contribution < -0.4 is 10.5 Å². The Hall–Kier alpha value is -1.40. The van der Waals surface area contributed by atoms with E-state index in [-0.39, 0.29) is 18.0 Å². The van der Waals surface area contributed by atoms with Crippen molar-refractivity contribution < 1.29 is 23.0 Å². The van der Waals surface area contributed by atoms with Gasteiger partial charge in [-0.2, -0.15) is 0 Å². The Morgan fingerprint density at radius 3 is 2.61 bits per heavy atom. The molecule has 0 radical (unpaired) electrons.